The van der Waals surface area contributed by atoms with Crippen LogP contribution < -0.4 is 0 Å². The summed E-state index contributed by atoms with van der Waals surface area (Å²) in [6.07, 6.45) is 13.9. The van der Waals surface area contributed by atoms with E-state index < -0.39 is 0 Å². The molecule has 0 aromatic rings. The van der Waals surface area contributed by atoms with Crippen LogP contribution in [0.1, 0.15) is 92.9 Å². The fraction of sp³-hybridized carbons (Fsp3) is 1.00. The summed E-state index contributed by atoms with van der Waals surface area (Å²) in [5, 5.41) is 0. The topological polar surface area (TPSA) is 31.0 Å². The molecule has 2 atom stereocenters. The number of epoxide rings is 1. The molecule has 1 aliphatic rings. The van der Waals surface area contributed by atoms with Crippen molar-refractivity contribution in [3.8, 4) is 0 Å². The maximum atomic E-state index is 5.61. The molecular formula is C19H42O3. The van der Waals surface area contributed by atoms with E-state index in [-0.39, 0.29) is 21.1 Å². The van der Waals surface area contributed by atoms with Gasteiger partial charge in [0, 0.05) is 6.61 Å². The van der Waals surface area contributed by atoms with Crippen LogP contribution in [0.25, 0.3) is 0 Å². The lowest BCUT2D eigenvalue weighted by molar-refractivity contribution is -0.133. The number of hydrogen-bond acceptors (Lipinski definition) is 3. The Labute approximate surface area is 140 Å². The Morgan fingerprint density at radius 3 is 1.86 bits per heavy atom. The van der Waals surface area contributed by atoms with Crippen LogP contribution in [0.3, 0.4) is 0 Å². The molecule has 1 fully saturated rings. The van der Waals surface area contributed by atoms with E-state index in [0.717, 1.165) is 19.6 Å². The van der Waals surface area contributed by atoms with Crippen LogP contribution in [-0.2, 0) is 14.2 Å². The molecule has 0 radical (unpaired) electrons. The number of unbranched alkanes of at least 4 members (excludes halogenated alkanes) is 9. The predicted molar refractivity (Wildman–Crippen MR) is 96.4 cm³/mol. The van der Waals surface area contributed by atoms with Crippen molar-refractivity contribution in [2.24, 2.45) is 0 Å². The highest BCUT2D eigenvalue weighted by Gasteiger charge is 2.23. The van der Waals surface area contributed by atoms with Gasteiger partial charge in [0.2, 0.25) is 0 Å². The fourth-order valence-electron chi connectivity index (χ4n) is 2.29. The van der Waals surface area contributed by atoms with Gasteiger partial charge in [0.05, 0.1) is 13.2 Å². The maximum Gasteiger partial charge on any atom is 0.154 e. The molecule has 0 bridgehead atoms. The van der Waals surface area contributed by atoms with Crippen molar-refractivity contribution < 1.29 is 14.2 Å². The largest absolute Gasteiger partial charge is 0.371 e. The van der Waals surface area contributed by atoms with Crippen molar-refractivity contribution in [2.45, 2.75) is 105 Å². The molecule has 1 aliphatic heterocycles. The van der Waals surface area contributed by atoms with E-state index >= 15 is 0 Å². The van der Waals surface area contributed by atoms with Gasteiger partial charge in [-0.15, -0.1) is 0 Å². The molecule has 22 heavy (non-hydrogen) atoms. The fourth-order valence-corrected chi connectivity index (χ4v) is 2.29. The van der Waals surface area contributed by atoms with Gasteiger partial charge in [-0.1, -0.05) is 79.6 Å². The first kappa shape index (κ1) is 24.1. The second-order valence-electron chi connectivity index (χ2n) is 5.91. The van der Waals surface area contributed by atoms with E-state index in [4.69, 9.17) is 14.2 Å². The molecule has 136 valence electrons. The molecule has 0 saturated carbocycles. The summed E-state index contributed by atoms with van der Waals surface area (Å²) >= 11 is 0. The molecule has 0 N–H and O–H groups in total. The average Bonchev–Trinajstić information content (AvgIpc) is 3.27. The molecular weight excluding hydrogens is 276 g/mol. The van der Waals surface area contributed by atoms with E-state index in [1.54, 1.807) is 0 Å². The first-order chi connectivity index (χ1) is 9.83. The van der Waals surface area contributed by atoms with Crippen molar-refractivity contribution in [2.75, 3.05) is 19.8 Å². The second-order valence-corrected chi connectivity index (χ2v) is 5.91. The zero-order chi connectivity index (χ0) is 14.5. The Morgan fingerprint density at radius 2 is 1.36 bits per heavy atom. The van der Waals surface area contributed by atoms with E-state index in [9.17, 15) is 0 Å². The Morgan fingerprint density at radius 1 is 0.864 bits per heavy atom. The van der Waals surface area contributed by atoms with Crippen LogP contribution in [0.2, 0.25) is 0 Å². The molecule has 3 heteroatoms. The van der Waals surface area contributed by atoms with Crippen molar-refractivity contribution >= 4 is 0 Å². The van der Waals surface area contributed by atoms with E-state index in [1.165, 1.54) is 57.8 Å². The monoisotopic (exact) mass is 318 g/mol. The lowest BCUT2D eigenvalue weighted by atomic mass is 10.1. The minimum Gasteiger partial charge on any atom is -0.371 e. The van der Waals surface area contributed by atoms with Crippen molar-refractivity contribution in [3.05, 3.63) is 0 Å². The summed E-state index contributed by atoms with van der Waals surface area (Å²) < 4.78 is 16.2. The summed E-state index contributed by atoms with van der Waals surface area (Å²) in [5.74, 6) is 0. The van der Waals surface area contributed by atoms with Crippen LogP contribution in [0.5, 0.6) is 0 Å². The smallest absolute Gasteiger partial charge is 0.154 e. The third-order valence-corrected chi connectivity index (χ3v) is 3.77. The molecule has 0 amide bonds. The quantitative estimate of drug-likeness (QED) is 0.212. The zero-order valence-corrected chi connectivity index (χ0v) is 13.6. The van der Waals surface area contributed by atoms with Gasteiger partial charge in [-0.3, -0.25) is 0 Å². The second kappa shape index (κ2) is 17.2. The van der Waals surface area contributed by atoms with Crippen LogP contribution >= 0.6 is 0 Å². The lowest BCUT2D eigenvalue weighted by Gasteiger charge is -2.13. The average molecular weight is 319 g/mol. The molecule has 2 unspecified atom stereocenters. The highest BCUT2D eigenvalue weighted by molar-refractivity contribution is 4.67. The Bertz CT molecular complexity index is 205. The van der Waals surface area contributed by atoms with E-state index in [2.05, 4.69) is 6.92 Å². The van der Waals surface area contributed by atoms with Gasteiger partial charge in [-0.25, -0.2) is 0 Å². The first-order valence-electron chi connectivity index (χ1n) is 8.67. The Kier molecular flexibility index (Phi) is 18.9. The lowest BCUT2D eigenvalue weighted by Crippen LogP contribution is -2.16. The molecule has 1 rings (SSSR count). The normalized spacial score (nSPS) is 17.5. The summed E-state index contributed by atoms with van der Waals surface area (Å²) in [6, 6.07) is 0. The molecule has 0 aromatic carbocycles. The van der Waals surface area contributed by atoms with Crippen LogP contribution in [0.4, 0.5) is 0 Å². The molecule has 0 spiro atoms. The highest BCUT2D eigenvalue weighted by Crippen LogP contribution is 2.12. The Hall–Kier alpha value is -0.120. The van der Waals surface area contributed by atoms with Crippen LogP contribution in [0.15, 0.2) is 0 Å². The van der Waals surface area contributed by atoms with Gasteiger partial charge in [-0.2, -0.15) is 0 Å². The summed E-state index contributed by atoms with van der Waals surface area (Å²) in [5.41, 5.74) is 0. The van der Waals surface area contributed by atoms with Crippen LogP contribution in [-0.4, -0.2) is 32.2 Å². The third-order valence-electron chi connectivity index (χ3n) is 3.77. The number of ether oxygens (including phenoxy) is 3. The van der Waals surface area contributed by atoms with Gasteiger partial charge in [-0.05, 0) is 13.3 Å². The van der Waals surface area contributed by atoms with Gasteiger partial charge < -0.3 is 14.2 Å². The van der Waals surface area contributed by atoms with Gasteiger partial charge in [0.1, 0.15) is 6.10 Å². The summed E-state index contributed by atoms with van der Waals surface area (Å²) in [4.78, 5) is 0. The van der Waals surface area contributed by atoms with Gasteiger partial charge in [0.25, 0.3) is 0 Å². The Balaban J connectivity index is 0. The van der Waals surface area contributed by atoms with Crippen molar-refractivity contribution in [1.29, 1.82) is 0 Å². The molecule has 3 nitrogen and oxygen atoms in total. The zero-order valence-electron chi connectivity index (χ0n) is 13.6. The predicted octanol–water partition coefficient (Wildman–Crippen LogP) is 5.96. The minimum absolute atomic E-state index is 0. The van der Waals surface area contributed by atoms with Gasteiger partial charge >= 0.3 is 0 Å². The first-order valence-corrected chi connectivity index (χ1v) is 8.67. The SMILES string of the molecule is C.C.CCCCCCCCCCCCOC(C)OCC1CO1. The summed E-state index contributed by atoms with van der Waals surface area (Å²) in [7, 11) is 0. The molecule has 1 heterocycles. The maximum absolute atomic E-state index is 5.61. The summed E-state index contributed by atoms with van der Waals surface area (Å²) in [6.45, 7) is 6.60. The standard InChI is InChI=1S/C17H34O3.2CH4/c1-3-4-5-6-7-8-9-10-11-12-13-18-16(2)19-14-17-15-20-17;;/h16-17H,3-15H2,1-2H3;2*1H4. The van der Waals surface area contributed by atoms with Crippen molar-refractivity contribution in [3.63, 3.8) is 0 Å². The number of hydrogen-bond donors (Lipinski definition) is 0. The molecule has 1 saturated heterocycles. The third kappa shape index (κ3) is 16.3. The molecule has 0 aromatic heterocycles. The van der Waals surface area contributed by atoms with E-state index in [0.29, 0.717) is 12.7 Å². The number of rotatable bonds is 15. The van der Waals surface area contributed by atoms with E-state index in [1.807, 2.05) is 6.92 Å². The molecule has 0 aliphatic carbocycles. The van der Waals surface area contributed by atoms with Crippen LogP contribution in [0, 0.1) is 0 Å². The van der Waals surface area contributed by atoms with Crippen molar-refractivity contribution in [1.82, 2.24) is 0 Å². The highest BCUT2D eigenvalue weighted by atomic mass is 16.7. The van der Waals surface area contributed by atoms with Gasteiger partial charge in [0.15, 0.2) is 6.29 Å². The minimum atomic E-state index is -0.0854.